The molecule has 1 heterocycles. The van der Waals surface area contributed by atoms with E-state index in [9.17, 15) is 0 Å². The molecule has 0 bridgehead atoms. The van der Waals surface area contributed by atoms with Crippen LogP contribution in [0.25, 0.3) is 11.4 Å². The van der Waals surface area contributed by atoms with Gasteiger partial charge < -0.3 is 15.6 Å². The van der Waals surface area contributed by atoms with E-state index in [4.69, 9.17) is 15.6 Å². The van der Waals surface area contributed by atoms with Crippen LogP contribution in [0.5, 0.6) is 5.75 Å². The minimum absolute atomic E-state index is 0.162. The lowest BCUT2D eigenvalue weighted by Crippen LogP contribution is -2.01. The molecule has 0 spiro atoms. The maximum Gasteiger partial charge on any atom is 0.161 e. The highest BCUT2D eigenvalue weighted by Crippen LogP contribution is 2.22. The molecule has 0 saturated heterocycles. The molecule has 0 saturated carbocycles. The fourth-order valence-electron chi connectivity index (χ4n) is 1.57. The first kappa shape index (κ1) is 12.3. The van der Waals surface area contributed by atoms with E-state index >= 15 is 0 Å². The third kappa shape index (κ3) is 2.57. The second kappa shape index (κ2) is 5.46. The van der Waals surface area contributed by atoms with Crippen molar-refractivity contribution in [1.29, 1.82) is 0 Å². The lowest BCUT2D eigenvalue weighted by Gasteiger charge is -2.07. The largest absolute Gasteiger partial charge is 0.494 e. The van der Waals surface area contributed by atoms with Crippen molar-refractivity contribution < 1.29 is 9.84 Å². The number of aliphatic hydroxyl groups excluding tert-OH is 1. The highest BCUT2D eigenvalue weighted by Gasteiger charge is 2.06. The molecule has 0 fully saturated rings. The molecule has 0 amide bonds. The molecule has 0 aliphatic heterocycles. The molecule has 1 aromatic carbocycles. The molecule has 2 rings (SSSR count). The number of nitrogens with zero attached hydrogens (tertiary/aromatic N) is 2. The second-order valence-corrected chi connectivity index (χ2v) is 3.72. The van der Waals surface area contributed by atoms with Crippen LogP contribution in [0.3, 0.4) is 0 Å². The molecular weight excluding hydrogens is 230 g/mol. The molecule has 5 heteroatoms. The Bertz CT molecular complexity index is 544. The second-order valence-electron chi connectivity index (χ2n) is 3.72. The third-order valence-electron chi connectivity index (χ3n) is 2.47. The minimum atomic E-state index is -0.162. The van der Waals surface area contributed by atoms with Crippen molar-refractivity contribution in [2.45, 2.75) is 13.5 Å². The van der Waals surface area contributed by atoms with Gasteiger partial charge in [-0.1, -0.05) is 12.1 Å². The topological polar surface area (TPSA) is 81.3 Å². The molecule has 2 aromatic rings. The minimum Gasteiger partial charge on any atom is -0.494 e. The highest BCUT2D eigenvalue weighted by atomic mass is 16.5. The lowest BCUT2D eigenvalue weighted by molar-refractivity contribution is 0.281. The van der Waals surface area contributed by atoms with Crippen molar-refractivity contribution in [1.82, 2.24) is 9.97 Å². The number of hydrogen-bond acceptors (Lipinski definition) is 5. The average molecular weight is 245 g/mol. The number of rotatable bonds is 4. The van der Waals surface area contributed by atoms with Gasteiger partial charge in [-0.15, -0.1) is 0 Å². The summed E-state index contributed by atoms with van der Waals surface area (Å²) in [5.41, 5.74) is 7.08. The number of hydrogen-bond donors (Lipinski definition) is 2. The fourth-order valence-corrected chi connectivity index (χ4v) is 1.57. The standard InChI is InChI=1S/C13H15N3O2/c1-2-18-11-5-3-4-9(6-11)13-15-7-10(8-17)12(14)16-13/h3-7,17H,2,8H2,1H3,(H2,14,15,16). The van der Waals surface area contributed by atoms with E-state index in [2.05, 4.69) is 9.97 Å². The SMILES string of the molecule is CCOc1cccc(-c2ncc(CO)c(N)n2)c1. The van der Waals surface area contributed by atoms with Crippen molar-refractivity contribution in [2.24, 2.45) is 0 Å². The van der Waals surface area contributed by atoms with Crippen LogP contribution in [0.4, 0.5) is 5.82 Å². The molecule has 0 atom stereocenters. The summed E-state index contributed by atoms with van der Waals surface area (Å²) in [5.74, 6) is 1.58. The van der Waals surface area contributed by atoms with E-state index in [1.807, 2.05) is 31.2 Å². The van der Waals surface area contributed by atoms with Gasteiger partial charge in [-0.3, -0.25) is 0 Å². The summed E-state index contributed by atoms with van der Waals surface area (Å²) in [6.07, 6.45) is 1.53. The van der Waals surface area contributed by atoms with Crippen molar-refractivity contribution in [3.8, 4) is 17.1 Å². The summed E-state index contributed by atoms with van der Waals surface area (Å²) in [4.78, 5) is 8.34. The van der Waals surface area contributed by atoms with Gasteiger partial charge in [0.1, 0.15) is 11.6 Å². The highest BCUT2D eigenvalue weighted by molar-refractivity contribution is 5.59. The van der Waals surface area contributed by atoms with Gasteiger partial charge in [-0.05, 0) is 19.1 Å². The van der Waals surface area contributed by atoms with E-state index in [1.165, 1.54) is 6.20 Å². The van der Waals surface area contributed by atoms with Crippen LogP contribution in [0.2, 0.25) is 0 Å². The first-order valence-corrected chi connectivity index (χ1v) is 5.70. The predicted octanol–water partition coefficient (Wildman–Crippen LogP) is 1.62. The number of nitrogens with two attached hydrogens (primary N) is 1. The van der Waals surface area contributed by atoms with E-state index < -0.39 is 0 Å². The molecule has 1 aromatic heterocycles. The van der Waals surface area contributed by atoms with Crippen molar-refractivity contribution in [3.63, 3.8) is 0 Å². The van der Waals surface area contributed by atoms with Crippen LogP contribution < -0.4 is 10.5 Å². The van der Waals surface area contributed by atoms with Gasteiger partial charge in [0.25, 0.3) is 0 Å². The van der Waals surface area contributed by atoms with E-state index in [1.54, 1.807) is 0 Å². The normalized spacial score (nSPS) is 10.3. The quantitative estimate of drug-likeness (QED) is 0.855. The number of benzene rings is 1. The summed E-state index contributed by atoms with van der Waals surface area (Å²) in [6.45, 7) is 2.37. The molecule has 0 aliphatic carbocycles. The van der Waals surface area contributed by atoms with Crippen molar-refractivity contribution >= 4 is 5.82 Å². The van der Waals surface area contributed by atoms with E-state index in [0.29, 0.717) is 23.8 Å². The summed E-state index contributed by atoms with van der Waals surface area (Å²) in [5, 5.41) is 9.01. The molecule has 5 nitrogen and oxygen atoms in total. The van der Waals surface area contributed by atoms with Crippen LogP contribution in [-0.2, 0) is 6.61 Å². The molecule has 3 N–H and O–H groups in total. The van der Waals surface area contributed by atoms with E-state index in [-0.39, 0.29) is 6.61 Å². The maximum atomic E-state index is 9.01. The monoisotopic (exact) mass is 245 g/mol. The van der Waals surface area contributed by atoms with Crippen LogP contribution in [0.1, 0.15) is 12.5 Å². The lowest BCUT2D eigenvalue weighted by atomic mass is 10.2. The first-order chi connectivity index (χ1) is 8.74. The van der Waals surface area contributed by atoms with Crippen LogP contribution in [-0.4, -0.2) is 21.7 Å². The molecule has 0 radical (unpaired) electrons. The van der Waals surface area contributed by atoms with Gasteiger partial charge in [0.05, 0.1) is 13.2 Å². The molecule has 0 unspecified atom stereocenters. The van der Waals surface area contributed by atoms with Gasteiger partial charge in [-0.2, -0.15) is 0 Å². The van der Waals surface area contributed by atoms with Gasteiger partial charge in [0.15, 0.2) is 5.82 Å². The average Bonchev–Trinajstić information content (AvgIpc) is 2.39. The Morgan fingerprint density at radius 3 is 2.89 bits per heavy atom. The Kier molecular flexibility index (Phi) is 3.74. The number of aromatic nitrogens is 2. The summed E-state index contributed by atoms with van der Waals surface area (Å²) in [7, 11) is 0. The Balaban J connectivity index is 2.36. The van der Waals surface area contributed by atoms with Crippen molar-refractivity contribution in [3.05, 3.63) is 36.0 Å². The number of nitrogen functional groups attached to an aromatic ring is 1. The Labute approximate surface area is 105 Å². The zero-order chi connectivity index (χ0) is 13.0. The molecule has 0 aliphatic rings. The number of anilines is 1. The molecule has 94 valence electrons. The predicted molar refractivity (Wildman–Crippen MR) is 69.0 cm³/mol. The molecular formula is C13H15N3O2. The fraction of sp³-hybridized carbons (Fsp3) is 0.231. The van der Waals surface area contributed by atoms with Crippen LogP contribution in [0.15, 0.2) is 30.5 Å². The maximum absolute atomic E-state index is 9.01. The van der Waals surface area contributed by atoms with Gasteiger partial charge in [-0.25, -0.2) is 9.97 Å². The van der Waals surface area contributed by atoms with E-state index in [0.717, 1.165) is 11.3 Å². The third-order valence-corrected chi connectivity index (χ3v) is 2.47. The summed E-state index contributed by atoms with van der Waals surface area (Å²) >= 11 is 0. The van der Waals surface area contributed by atoms with Crippen molar-refractivity contribution in [2.75, 3.05) is 12.3 Å². The summed E-state index contributed by atoms with van der Waals surface area (Å²) < 4.78 is 5.42. The zero-order valence-corrected chi connectivity index (χ0v) is 10.1. The Morgan fingerprint density at radius 2 is 2.22 bits per heavy atom. The Hall–Kier alpha value is -2.14. The zero-order valence-electron chi connectivity index (χ0n) is 10.1. The van der Waals surface area contributed by atoms with Gasteiger partial charge >= 0.3 is 0 Å². The smallest absolute Gasteiger partial charge is 0.161 e. The van der Waals surface area contributed by atoms with Gasteiger partial charge in [0.2, 0.25) is 0 Å². The Morgan fingerprint density at radius 1 is 1.39 bits per heavy atom. The van der Waals surface area contributed by atoms with Crippen LogP contribution in [0, 0.1) is 0 Å². The molecule has 18 heavy (non-hydrogen) atoms. The van der Waals surface area contributed by atoms with Gasteiger partial charge in [0, 0.05) is 17.3 Å². The number of aliphatic hydroxyl groups is 1. The first-order valence-electron chi connectivity index (χ1n) is 5.70. The van der Waals surface area contributed by atoms with Crippen LogP contribution >= 0.6 is 0 Å². The number of ether oxygens (including phenoxy) is 1. The summed E-state index contributed by atoms with van der Waals surface area (Å²) in [6, 6.07) is 7.49.